The molecule has 0 aliphatic rings. The summed E-state index contributed by atoms with van der Waals surface area (Å²) in [6.45, 7) is 11.8. The van der Waals surface area contributed by atoms with E-state index < -0.39 is 5.97 Å². The Kier molecular flexibility index (Phi) is 25.7. The maximum Gasteiger partial charge on any atom is 0.333 e. The number of unbranched alkanes of at least 4 members (excludes halogenated alkanes) is 3. The SMILES string of the molecule is C=C(C)C(=O)OCCOCCOCCOCCOCCOCCOCCCCCCI. The summed E-state index contributed by atoms with van der Waals surface area (Å²) in [5.41, 5.74) is 0.381. The van der Waals surface area contributed by atoms with Gasteiger partial charge in [-0.2, -0.15) is 0 Å². The van der Waals surface area contributed by atoms with Crippen molar-refractivity contribution in [1.82, 2.24) is 0 Å². The van der Waals surface area contributed by atoms with E-state index in [0.29, 0.717) is 78.2 Å². The summed E-state index contributed by atoms with van der Waals surface area (Å²) in [6, 6.07) is 0. The molecule has 0 atom stereocenters. The topological polar surface area (TPSA) is 81.7 Å². The highest BCUT2D eigenvalue weighted by atomic mass is 127. The fraction of sp³-hybridized carbons (Fsp3) is 0.864. The summed E-state index contributed by atoms with van der Waals surface area (Å²) in [6.07, 6.45) is 4.98. The van der Waals surface area contributed by atoms with Crippen LogP contribution >= 0.6 is 22.6 Å². The third-order valence-corrected chi connectivity index (χ3v) is 4.60. The summed E-state index contributed by atoms with van der Waals surface area (Å²) < 4.78 is 38.6. The molecule has 0 saturated heterocycles. The Labute approximate surface area is 201 Å². The van der Waals surface area contributed by atoms with Gasteiger partial charge in [-0.25, -0.2) is 4.79 Å². The molecule has 0 spiro atoms. The molecule has 0 amide bonds. The van der Waals surface area contributed by atoms with E-state index in [4.69, 9.17) is 33.2 Å². The van der Waals surface area contributed by atoms with E-state index >= 15 is 0 Å². The van der Waals surface area contributed by atoms with Crippen molar-refractivity contribution in [3.05, 3.63) is 12.2 Å². The molecule has 0 aliphatic carbocycles. The van der Waals surface area contributed by atoms with Crippen molar-refractivity contribution in [2.75, 3.05) is 90.3 Å². The lowest BCUT2D eigenvalue weighted by molar-refractivity contribution is -0.140. The average Bonchev–Trinajstić information content (AvgIpc) is 2.76. The third-order valence-electron chi connectivity index (χ3n) is 3.84. The lowest BCUT2D eigenvalue weighted by atomic mass is 10.2. The molecule has 0 aromatic rings. The zero-order chi connectivity index (χ0) is 22.8. The van der Waals surface area contributed by atoms with E-state index in [1.165, 1.54) is 23.7 Å². The van der Waals surface area contributed by atoms with Gasteiger partial charge >= 0.3 is 5.97 Å². The van der Waals surface area contributed by atoms with Gasteiger partial charge in [-0.15, -0.1) is 0 Å². The number of esters is 1. The molecule has 0 radical (unpaired) electrons. The van der Waals surface area contributed by atoms with Crippen molar-refractivity contribution in [2.45, 2.75) is 32.6 Å². The Balaban J connectivity index is 3.05. The molecule has 31 heavy (non-hydrogen) atoms. The molecule has 0 bridgehead atoms. The van der Waals surface area contributed by atoms with Crippen LogP contribution in [0.2, 0.25) is 0 Å². The van der Waals surface area contributed by atoms with Gasteiger partial charge in [-0.3, -0.25) is 0 Å². The Hall–Kier alpha value is -0.300. The van der Waals surface area contributed by atoms with E-state index in [9.17, 15) is 4.79 Å². The van der Waals surface area contributed by atoms with Crippen LogP contribution < -0.4 is 0 Å². The normalized spacial score (nSPS) is 11.0. The second kappa shape index (κ2) is 26.0. The van der Waals surface area contributed by atoms with Crippen molar-refractivity contribution in [3.8, 4) is 0 Å². The van der Waals surface area contributed by atoms with Crippen LogP contribution in [-0.4, -0.2) is 96.3 Å². The molecule has 0 saturated carbocycles. The molecule has 0 fully saturated rings. The lowest BCUT2D eigenvalue weighted by Crippen LogP contribution is -2.15. The van der Waals surface area contributed by atoms with E-state index in [0.717, 1.165) is 13.0 Å². The summed E-state index contributed by atoms with van der Waals surface area (Å²) in [5, 5.41) is 0. The van der Waals surface area contributed by atoms with Crippen LogP contribution in [-0.2, 0) is 38.0 Å². The fourth-order valence-corrected chi connectivity index (χ4v) is 2.71. The molecule has 0 aromatic heterocycles. The number of rotatable bonds is 25. The summed E-state index contributed by atoms with van der Waals surface area (Å²) in [7, 11) is 0. The molecule has 184 valence electrons. The van der Waals surface area contributed by atoms with Crippen LogP contribution in [0.15, 0.2) is 12.2 Å². The van der Waals surface area contributed by atoms with Crippen molar-refractivity contribution >= 4 is 28.6 Å². The molecular weight excluding hydrogens is 519 g/mol. The summed E-state index contributed by atoms with van der Waals surface area (Å²) in [5.74, 6) is -0.401. The molecule has 0 aromatic carbocycles. The quantitative estimate of drug-likeness (QED) is 0.0554. The Morgan fingerprint density at radius 1 is 0.581 bits per heavy atom. The number of alkyl halides is 1. The predicted molar refractivity (Wildman–Crippen MR) is 128 cm³/mol. The molecule has 8 nitrogen and oxygen atoms in total. The fourth-order valence-electron chi connectivity index (χ4n) is 2.17. The van der Waals surface area contributed by atoms with Gasteiger partial charge in [0.25, 0.3) is 0 Å². The van der Waals surface area contributed by atoms with Gasteiger partial charge in [-0.05, 0) is 24.2 Å². The standard InChI is InChI=1S/C22H41IO8/c1-21(2)22(24)31-20-19-30-18-17-29-16-15-28-14-13-27-12-11-26-10-9-25-8-6-4-3-5-7-23/h1,3-20H2,2H3. The minimum atomic E-state index is -0.401. The number of hydrogen-bond acceptors (Lipinski definition) is 8. The Morgan fingerprint density at radius 2 is 0.935 bits per heavy atom. The zero-order valence-electron chi connectivity index (χ0n) is 19.1. The molecular formula is C22H41IO8. The minimum Gasteiger partial charge on any atom is -0.460 e. The second-order valence-corrected chi connectivity index (χ2v) is 7.77. The molecule has 0 N–H and O–H groups in total. The van der Waals surface area contributed by atoms with E-state index in [2.05, 4.69) is 29.2 Å². The maximum atomic E-state index is 11.1. The van der Waals surface area contributed by atoms with E-state index in [-0.39, 0.29) is 6.61 Å². The van der Waals surface area contributed by atoms with Gasteiger partial charge in [0.05, 0.1) is 72.7 Å². The molecule has 0 heterocycles. The zero-order valence-corrected chi connectivity index (χ0v) is 21.2. The number of carbonyl (C=O) groups is 1. The lowest BCUT2D eigenvalue weighted by Gasteiger charge is -2.08. The first-order valence-electron chi connectivity index (χ1n) is 11.0. The van der Waals surface area contributed by atoms with Gasteiger partial charge in [0, 0.05) is 12.2 Å². The molecule has 0 aliphatic heterocycles. The highest BCUT2D eigenvalue weighted by Gasteiger charge is 2.01. The van der Waals surface area contributed by atoms with E-state index in [1.54, 1.807) is 6.92 Å². The Morgan fingerprint density at radius 3 is 1.32 bits per heavy atom. The number of hydrogen-bond donors (Lipinski definition) is 0. The van der Waals surface area contributed by atoms with Gasteiger partial charge in [0.2, 0.25) is 0 Å². The largest absolute Gasteiger partial charge is 0.460 e. The first-order valence-corrected chi connectivity index (χ1v) is 12.6. The molecule has 9 heteroatoms. The van der Waals surface area contributed by atoms with E-state index in [1.807, 2.05) is 0 Å². The molecule has 0 rings (SSSR count). The van der Waals surface area contributed by atoms with Gasteiger partial charge in [0.15, 0.2) is 0 Å². The maximum absolute atomic E-state index is 11.1. The third kappa shape index (κ3) is 25.8. The number of carbonyl (C=O) groups excluding carboxylic acids is 1. The highest BCUT2D eigenvalue weighted by Crippen LogP contribution is 2.02. The van der Waals surface area contributed by atoms with Crippen LogP contribution in [0.1, 0.15) is 32.6 Å². The van der Waals surface area contributed by atoms with Crippen LogP contribution in [0.25, 0.3) is 0 Å². The molecule has 0 unspecified atom stereocenters. The smallest absolute Gasteiger partial charge is 0.333 e. The second-order valence-electron chi connectivity index (χ2n) is 6.69. The average molecular weight is 560 g/mol. The van der Waals surface area contributed by atoms with Crippen molar-refractivity contribution in [3.63, 3.8) is 0 Å². The highest BCUT2D eigenvalue weighted by molar-refractivity contribution is 14.1. The van der Waals surface area contributed by atoms with Gasteiger partial charge in [-0.1, -0.05) is 42.0 Å². The van der Waals surface area contributed by atoms with Crippen molar-refractivity contribution < 1.29 is 38.0 Å². The predicted octanol–water partition coefficient (Wildman–Crippen LogP) is 3.20. The first-order chi connectivity index (χ1) is 15.2. The summed E-state index contributed by atoms with van der Waals surface area (Å²) >= 11 is 2.41. The number of halogens is 1. The summed E-state index contributed by atoms with van der Waals surface area (Å²) in [4.78, 5) is 11.1. The Bertz CT molecular complexity index is 409. The van der Waals surface area contributed by atoms with Crippen LogP contribution in [0.3, 0.4) is 0 Å². The minimum absolute atomic E-state index is 0.215. The number of ether oxygens (including phenoxy) is 7. The van der Waals surface area contributed by atoms with Gasteiger partial charge in [0.1, 0.15) is 6.61 Å². The van der Waals surface area contributed by atoms with Gasteiger partial charge < -0.3 is 33.2 Å². The van der Waals surface area contributed by atoms with Crippen LogP contribution in [0.5, 0.6) is 0 Å². The van der Waals surface area contributed by atoms with Crippen LogP contribution in [0.4, 0.5) is 0 Å². The monoisotopic (exact) mass is 560 g/mol. The first kappa shape index (κ1) is 30.7. The van der Waals surface area contributed by atoms with Crippen molar-refractivity contribution in [2.24, 2.45) is 0 Å². The van der Waals surface area contributed by atoms with Crippen molar-refractivity contribution in [1.29, 1.82) is 0 Å². The van der Waals surface area contributed by atoms with Crippen LogP contribution in [0, 0.1) is 0 Å².